The molecule has 0 unspecified atom stereocenters. The van der Waals surface area contributed by atoms with Crippen LogP contribution >= 0.6 is 22.9 Å². The van der Waals surface area contributed by atoms with Crippen LogP contribution in [0.2, 0.25) is 5.02 Å². The Morgan fingerprint density at radius 2 is 2.21 bits per heavy atom. The second kappa shape index (κ2) is 5.86. The van der Waals surface area contributed by atoms with Gasteiger partial charge >= 0.3 is 0 Å². The van der Waals surface area contributed by atoms with E-state index in [-0.39, 0.29) is 10.9 Å². The molecule has 1 heterocycles. The Labute approximate surface area is 120 Å². The number of benzene rings is 1. The van der Waals surface area contributed by atoms with E-state index in [2.05, 4.69) is 5.32 Å². The summed E-state index contributed by atoms with van der Waals surface area (Å²) in [4.78, 5) is 13.6. The molecule has 102 valence electrons. The number of likely N-dealkylation sites (N-methyl/N-ethyl adjacent to an activating group) is 1. The highest BCUT2D eigenvalue weighted by Gasteiger charge is 2.19. The third kappa shape index (κ3) is 3.05. The zero-order valence-corrected chi connectivity index (χ0v) is 12.3. The van der Waals surface area contributed by atoms with Gasteiger partial charge in [-0.1, -0.05) is 17.7 Å². The van der Waals surface area contributed by atoms with Gasteiger partial charge in [-0.2, -0.15) is 0 Å². The summed E-state index contributed by atoms with van der Waals surface area (Å²) in [6.07, 6.45) is 0. The maximum absolute atomic E-state index is 13.7. The van der Waals surface area contributed by atoms with Crippen LogP contribution in [-0.4, -0.2) is 33.1 Å². The number of hydrogen-bond acceptors (Lipinski definition) is 2. The Morgan fingerprint density at radius 1 is 1.47 bits per heavy atom. The first-order chi connectivity index (χ1) is 9.00. The summed E-state index contributed by atoms with van der Waals surface area (Å²) in [7, 11) is 4.02. The quantitative estimate of drug-likeness (QED) is 0.883. The van der Waals surface area contributed by atoms with Gasteiger partial charge < -0.3 is 10.2 Å². The molecule has 0 atom stereocenters. The van der Waals surface area contributed by atoms with E-state index in [4.69, 9.17) is 11.6 Å². The lowest BCUT2D eigenvalue weighted by molar-refractivity contribution is -0.856. The van der Waals surface area contributed by atoms with Gasteiger partial charge in [0, 0.05) is 10.1 Å². The van der Waals surface area contributed by atoms with Crippen molar-refractivity contribution < 1.29 is 14.1 Å². The van der Waals surface area contributed by atoms with Crippen LogP contribution in [0, 0.1) is 5.82 Å². The SMILES string of the molecule is C[NH+](C)CCNC(=O)c1sc2cccc(F)c2c1Cl. The van der Waals surface area contributed by atoms with Crippen molar-refractivity contribution in [1.82, 2.24) is 5.32 Å². The predicted octanol–water partition coefficient (Wildman–Crippen LogP) is 1.57. The van der Waals surface area contributed by atoms with E-state index in [1.807, 2.05) is 14.1 Å². The Balaban J connectivity index is 2.23. The van der Waals surface area contributed by atoms with Crippen molar-refractivity contribution in [3.8, 4) is 0 Å². The molecule has 0 saturated heterocycles. The van der Waals surface area contributed by atoms with Crippen molar-refractivity contribution in [3.63, 3.8) is 0 Å². The van der Waals surface area contributed by atoms with E-state index < -0.39 is 5.82 Å². The molecule has 1 aromatic carbocycles. The van der Waals surface area contributed by atoms with E-state index in [1.165, 1.54) is 22.3 Å². The number of carbonyl (C=O) groups excluding carboxylic acids is 1. The van der Waals surface area contributed by atoms with E-state index >= 15 is 0 Å². The van der Waals surface area contributed by atoms with Gasteiger partial charge in [0.1, 0.15) is 10.7 Å². The van der Waals surface area contributed by atoms with Gasteiger partial charge in [0.2, 0.25) is 0 Å². The molecule has 1 aromatic heterocycles. The molecule has 0 saturated carbocycles. The summed E-state index contributed by atoms with van der Waals surface area (Å²) >= 11 is 7.32. The number of hydrogen-bond donors (Lipinski definition) is 2. The second-order valence-electron chi connectivity index (χ2n) is 4.57. The van der Waals surface area contributed by atoms with Crippen LogP contribution in [0.25, 0.3) is 10.1 Å². The zero-order valence-electron chi connectivity index (χ0n) is 10.7. The molecule has 0 aliphatic rings. The van der Waals surface area contributed by atoms with Gasteiger partial charge in [-0.15, -0.1) is 11.3 Å². The maximum atomic E-state index is 13.7. The lowest BCUT2D eigenvalue weighted by Crippen LogP contribution is -3.06. The minimum absolute atomic E-state index is 0.202. The topological polar surface area (TPSA) is 33.5 Å². The third-order valence-corrected chi connectivity index (χ3v) is 4.37. The predicted molar refractivity (Wildman–Crippen MR) is 76.8 cm³/mol. The van der Waals surface area contributed by atoms with E-state index in [0.717, 1.165) is 6.54 Å². The number of fused-ring (bicyclic) bond motifs is 1. The highest BCUT2D eigenvalue weighted by Crippen LogP contribution is 2.36. The largest absolute Gasteiger partial charge is 0.346 e. The summed E-state index contributed by atoms with van der Waals surface area (Å²) in [6, 6.07) is 4.72. The average molecular weight is 302 g/mol. The monoisotopic (exact) mass is 301 g/mol. The summed E-state index contributed by atoms with van der Waals surface area (Å²) in [5.74, 6) is -0.637. The van der Waals surface area contributed by atoms with Crippen molar-refractivity contribution >= 4 is 38.9 Å². The van der Waals surface area contributed by atoms with Gasteiger partial charge in [-0.05, 0) is 12.1 Å². The first kappa shape index (κ1) is 14.2. The fraction of sp³-hybridized carbons (Fsp3) is 0.308. The number of carbonyl (C=O) groups is 1. The summed E-state index contributed by atoms with van der Waals surface area (Å²) in [5, 5.41) is 3.33. The lowest BCUT2D eigenvalue weighted by atomic mass is 10.2. The van der Waals surface area contributed by atoms with Crippen molar-refractivity contribution in [2.45, 2.75) is 0 Å². The van der Waals surface area contributed by atoms with E-state index in [1.54, 1.807) is 12.1 Å². The molecular weight excluding hydrogens is 287 g/mol. The van der Waals surface area contributed by atoms with Crippen LogP contribution in [0.5, 0.6) is 0 Å². The Hall–Kier alpha value is -1.17. The molecule has 2 rings (SSSR count). The van der Waals surface area contributed by atoms with Gasteiger partial charge in [0.25, 0.3) is 5.91 Å². The van der Waals surface area contributed by atoms with Crippen LogP contribution in [0.15, 0.2) is 18.2 Å². The van der Waals surface area contributed by atoms with Gasteiger partial charge in [-0.25, -0.2) is 4.39 Å². The lowest BCUT2D eigenvalue weighted by Gasteiger charge is -2.07. The standard InChI is InChI=1S/C13H14ClFN2OS/c1-17(2)7-6-16-13(18)12-11(14)10-8(15)4-3-5-9(10)19-12/h3-5H,6-7H2,1-2H3,(H,16,18)/p+1. The first-order valence-electron chi connectivity index (χ1n) is 5.94. The van der Waals surface area contributed by atoms with Gasteiger partial charge in [0.15, 0.2) is 0 Å². The van der Waals surface area contributed by atoms with Gasteiger partial charge in [0.05, 0.1) is 32.2 Å². The second-order valence-corrected chi connectivity index (χ2v) is 6.00. The number of amides is 1. The zero-order chi connectivity index (χ0) is 14.0. The molecule has 0 fully saturated rings. The van der Waals surface area contributed by atoms with Crippen LogP contribution in [0.3, 0.4) is 0 Å². The van der Waals surface area contributed by atoms with Crippen molar-refractivity contribution in [3.05, 3.63) is 33.9 Å². The van der Waals surface area contributed by atoms with Gasteiger partial charge in [-0.3, -0.25) is 4.79 Å². The number of nitrogens with one attached hydrogen (secondary N) is 2. The molecule has 2 N–H and O–H groups in total. The minimum Gasteiger partial charge on any atom is -0.346 e. The van der Waals surface area contributed by atoms with Crippen LogP contribution in [0.1, 0.15) is 9.67 Å². The van der Waals surface area contributed by atoms with Crippen LogP contribution in [-0.2, 0) is 0 Å². The number of rotatable bonds is 4. The van der Waals surface area contributed by atoms with Crippen molar-refractivity contribution in [2.75, 3.05) is 27.2 Å². The highest BCUT2D eigenvalue weighted by atomic mass is 35.5. The van der Waals surface area contributed by atoms with E-state index in [0.29, 0.717) is 21.5 Å². The Morgan fingerprint density at radius 3 is 2.84 bits per heavy atom. The molecule has 0 spiro atoms. The molecule has 0 bridgehead atoms. The molecule has 3 nitrogen and oxygen atoms in total. The smallest absolute Gasteiger partial charge is 0.263 e. The summed E-state index contributed by atoms with van der Waals surface area (Å²) in [6.45, 7) is 1.39. The van der Waals surface area contributed by atoms with E-state index in [9.17, 15) is 9.18 Å². The Bertz CT molecular complexity index is 612. The number of thiophene rings is 1. The fourth-order valence-electron chi connectivity index (χ4n) is 1.72. The molecular formula is C13H15ClFN2OS+. The van der Waals surface area contributed by atoms with Crippen molar-refractivity contribution in [2.24, 2.45) is 0 Å². The molecule has 1 amide bonds. The van der Waals surface area contributed by atoms with Crippen LogP contribution in [0.4, 0.5) is 4.39 Å². The third-order valence-electron chi connectivity index (χ3n) is 2.72. The molecule has 0 radical (unpaired) electrons. The summed E-state index contributed by atoms with van der Waals surface area (Å²) < 4.78 is 14.4. The molecule has 2 aromatic rings. The summed E-state index contributed by atoms with van der Waals surface area (Å²) in [5.41, 5.74) is 0. The molecule has 19 heavy (non-hydrogen) atoms. The average Bonchev–Trinajstić information content (AvgIpc) is 2.67. The fourth-order valence-corrected chi connectivity index (χ4v) is 3.20. The normalized spacial score (nSPS) is 11.2. The number of quaternary nitrogens is 1. The maximum Gasteiger partial charge on any atom is 0.263 e. The molecule has 6 heteroatoms. The molecule has 0 aliphatic heterocycles. The first-order valence-corrected chi connectivity index (χ1v) is 7.14. The molecule has 0 aliphatic carbocycles. The Kier molecular flexibility index (Phi) is 4.39. The minimum atomic E-state index is -0.393. The van der Waals surface area contributed by atoms with Crippen molar-refractivity contribution in [1.29, 1.82) is 0 Å². The van der Waals surface area contributed by atoms with Crippen LogP contribution < -0.4 is 10.2 Å². The number of halogens is 2. The highest BCUT2D eigenvalue weighted by molar-refractivity contribution is 7.21.